The van der Waals surface area contributed by atoms with E-state index < -0.39 is 22.8 Å². The third kappa shape index (κ3) is 4.34. The molecule has 0 bridgehead atoms. The summed E-state index contributed by atoms with van der Waals surface area (Å²) in [6, 6.07) is 6.61. The fraction of sp³-hybridized carbons (Fsp3) is 0.200. The third-order valence-corrected chi connectivity index (χ3v) is 4.37. The van der Waals surface area contributed by atoms with Gasteiger partial charge >= 0.3 is 6.03 Å². The SMILES string of the molecule is CCOc1cc(C=C2C(=O)N(C)C(=O)N(C)C2=O)ccc1Oc1ccc([N+](=O)[O-])cn1. The Labute approximate surface area is 176 Å². The lowest BCUT2D eigenvalue weighted by molar-refractivity contribution is -0.385. The van der Waals surface area contributed by atoms with Gasteiger partial charge in [-0.2, -0.15) is 0 Å². The Balaban J connectivity index is 1.92. The number of nitrogens with zero attached hydrogens (tertiary/aromatic N) is 4. The number of pyridine rings is 1. The van der Waals surface area contributed by atoms with E-state index in [9.17, 15) is 24.5 Å². The van der Waals surface area contributed by atoms with Gasteiger partial charge < -0.3 is 9.47 Å². The van der Waals surface area contributed by atoms with E-state index in [1.807, 2.05) is 0 Å². The zero-order valence-corrected chi connectivity index (χ0v) is 16.9. The molecule has 1 fully saturated rings. The highest BCUT2D eigenvalue weighted by Gasteiger charge is 2.37. The van der Waals surface area contributed by atoms with Gasteiger partial charge in [-0.05, 0) is 30.7 Å². The topological polar surface area (TPSA) is 132 Å². The fourth-order valence-electron chi connectivity index (χ4n) is 2.76. The lowest BCUT2D eigenvalue weighted by atomic mass is 10.1. The van der Waals surface area contributed by atoms with Crippen molar-refractivity contribution in [3.63, 3.8) is 0 Å². The summed E-state index contributed by atoms with van der Waals surface area (Å²) in [5, 5.41) is 10.7. The van der Waals surface area contributed by atoms with Crippen molar-refractivity contribution in [3.8, 4) is 17.4 Å². The summed E-state index contributed by atoms with van der Waals surface area (Å²) in [6.07, 6.45) is 2.43. The number of rotatable bonds is 6. The number of barbiturate groups is 1. The van der Waals surface area contributed by atoms with Gasteiger partial charge in [-0.25, -0.2) is 9.78 Å². The number of hydrogen-bond donors (Lipinski definition) is 0. The molecule has 1 aliphatic heterocycles. The molecule has 0 N–H and O–H groups in total. The van der Waals surface area contributed by atoms with Crippen LogP contribution in [0.2, 0.25) is 0 Å². The van der Waals surface area contributed by atoms with Crippen LogP contribution in [0.3, 0.4) is 0 Å². The molecule has 3 rings (SSSR count). The maximum atomic E-state index is 12.4. The molecule has 2 heterocycles. The van der Waals surface area contributed by atoms with Crippen LogP contribution in [0.5, 0.6) is 17.4 Å². The lowest BCUT2D eigenvalue weighted by Gasteiger charge is -2.28. The van der Waals surface area contributed by atoms with Crippen LogP contribution in [0.25, 0.3) is 6.08 Å². The smallest absolute Gasteiger partial charge is 0.333 e. The van der Waals surface area contributed by atoms with Gasteiger partial charge in [0.05, 0.1) is 11.5 Å². The molecule has 0 atom stereocenters. The zero-order valence-electron chi connectivity index (χ0n) is 16.9. The quantitative estimate of drug-likeness (QED) is 0.298. The van der Waals surface area contributed by atoms with Crippen molar-refractivity contribution >= 4 is 29.6 Å². The van der Waals surface area contributed by atoms with Crippen LogP contribution in [0.1, 0.15) is 12.5 Å². The van der Waals surface area contributed by atoms with E-state index in [-0.39, 0.29) is 22.9 Å². The van der Waals surface area contributed by atoms with Crippen LogP contribution in [-0.4, -0.2) is 58.3 Å². The molecule has 0 saturated carbocycles. The summed E-state index contributed by atoms with van der Waals surface area (Å²) in [5.74, 6) is -0.693. The molecule has 11 nitrogen and oxygen atoms in total. The zero-order chi connectivity index (χ0) is 22.7. The molecule has 1 aromatic heterocycles. The second-order valence-corrected chi connectivity index (χ2v) is 6.42. The molecular formula is C20H18N4O7. The minimum absolute atomic E-state index is 0.122. The van der Waals surface area contributed by atoms with Crippen LogP contribution in [0, 0.1) is 10.1 Å². The molecule has 1 saturated heterocycles. The first-order valence-electron chi connectivity index (χ1n) is 9.09. The first kappa shape index (κ1) is 21.4. The van der Waals surface area contributed by atoms with Crippen LogP contribution < -0.4 is 9.47 Å². The normalized spacial score (nSPS) is 14.0. The van der Waals surface area contributed by atoms with Gasteiger partial charge in [-0.3, -0.25) is 29.5 Å². The van der Waals surface area contributed by atoms with E-state index in [2.05, 4.69) is 4.98 Å². The van der Waals surface area contributed by atoms with Crippen LogP contribution in [0.15, 0.2) is 42.1 Å². The van der Waals surface area contributed by atoms with Crippen LogP contribution in [-0.2, 0) is 9.59 Å². The second kappa shape index (κ2) is 8.61. The van der Waals surface area contributed by atoms with Crippen molar-refractivity contribution in [2.24, 2.45) is 0 Å². The molecule has 11 heteroatoms. The Morgan fingerprint density at radius 1 is 1.06 bits per heavy atom. The van der Waals surface area contributed by atoms with Crippen LogP contribution >= 0.6 is 0 Å². The summed E-state index contributed by atoms with van der Waals surface area (Å²) in [6.45, 7) is 2.07. The Bertz CT molecular complexity index is 1070. The molecule has 31 heavy (non-hydrogen) atoms. The largest absolute Gasteiger partial charge is 0.490 e. The van der Waals surface area contributed by atoms with Gasteiger partial charge in [-0.15, -0.1) is 0 Å². The maximum absolute atomic E-state index is 12.4. The third-order valence-electron chi connectivity index (χ3n) is 4.37. The van der Waals surface area contributed by atoms with Gasteiger partial charge in [-0.1, -0.05) is 6.07 Å². The van der Waals surface area contributed by atoms with E-state index in [0.29, 0.717) is 17.9 Å². The van der Waals surface area contributed by atoms with E-state index >= 15 is 0 Å². The molecule has 0 aliphatic carbocycles. The van der Waals surface area contributed by atoms with Gasteiger partial charge in [0.25, 0.3) is 17.5 Å². The summed E-state index contributed by atoms with van der Waals surface area (Å²) >= 11 is 0. The Morgan fingerprint density at radius 3 is 2.29 bits per heavy atom. The van der Waals surface area contributed by atoms with Gasteiger partial charge in [0.15, 0.2) is 11.5 Å². The van der Waals surface area contributed by atoms with Crippen molar-refractivity contribution in [2.45, 2.75) is 6.92 Å². The number of aromatic nitrogens is 1. The molecule has 0 unspecified atom stereocenters. The highest BCUT2D eigenvalue weighted by Crippen LogP contribution is 2.33. The van der Waals surface area contributed by atoms with E-state index in [0.717, 1.165) is 16.0 Å². The van der Waals surface area contributed by atoms with Crippen LogP contribution in [0.4, 0.5) is 10.5 Å². The number of imide groups is 2. The van der Waals surface area contributed by atoms with Gasteiger partial charge in [0.2, 0.25) is 5.88 Å². The van der Waals surface area contributed by atoms with E-state index in [4.69, 9.17) is 9.47 Å². The number of amides is 4. The minimum Gasteiger partial charge on any atom is -0.490 e. The average molecular weight is 426 g/mol. The number of ether oxygens (including phenoxy) is 2. The number of urea groups is 1. The van der Waals surface area contributed by atoms with Crippen molar-refractivity contribution in [3.05, 3.63) is 57.8 Å². The number of benzene rings is 1. The fourth-order valence-corrected chi connectivity index (χ4v) is 2.76. The number of hydrogen-bond acceptors (Lipinski definition) is 8. The number of carbonyl (C=O) groups excluding carboxylic acids is 3. The Morgan fingerprint density at radius 2 is 1.74 bits per heavy atom. The van der Waals surface area contributed by atoms with Crippen molar-refractivity contribution in [2.75, 3.05) is 20.7 Å². The number of nitro groups is 1. The minimum atomic E-state index is -0.707. The second-order valence-electron chi connectivity index (χ2n) is 6.42. The molecule has 0 radical (unpaired) electrons. The maximum Gasteiger partial charge on any atom is 0.333 e. The Hall–Kier alpha value is -4.28. The standard InChI is InChI=1S/C20H18N4O7/c1-4-30-16-10-12(9-14-18(25)22(2)20(27)23(3)19(14)26)5-7-15(16)31-17-8-6-13(11-21-17)24(28)29/h5-11H,4H2,1-3H3. The number of likely N-dealkylation sites (N-methyl/N-ethyl adjacent to an activating group) is 2. The lowest BCUT2D eigenvalue weighted by Crippen LogP contribution is -2.52. The predicted octanol–water partition coefficient (Wildman–Crippen LogP) is 2.61. The number of carbonyl (C=O) groups is 3. The first-order valence-corrected chi connectivity index (χ1v) is 9.09. The monoisotopic (exact) mass is 426 g/mol. The molecule has 2 aromatic rings. The molecule has 0 spiro atoms. The summed E-state index contributed by atoms with van der Waals surface area (Å²) in [7, 11) is 2.59. The van der Waals surface area contributed by atoms with Crippen molar-refractivity contribution in [1.29, 1.82) is 0 Å². The molecule has 1 aliphatic rings. The Kier molecular flexibility index (Phi) is 5.95. The predicted molar refractivity (Wildman–Crippen MR) is 107 cm³/mol. The van der Waals surface area contributed by atoms with Crippen molar-refractivity contribution in [1.82, 2.24) is 14.8 Å². The molecule has 1 aromatic carbocycles. The van der Waals surface area contributed by atoms with E-state index in [1.54, 1.807) is 25.1 Å². The van der Waals surface area contributed by atoms with E-state index in [1.165, 1.54) is 32.3 Å². The highest BCUT2D eigenvalue weighted by molar-refractivity contribution is 6.30. The summed E-state index contributed by atoms with van der Waals surface area (Å²) < 4.78 is 11.2. The molecule has 160 valence electrons. The summed E-state index contributed by atoms with van der Waals surface area (Å²) in [5.41, 5.74) is 0.132. The first-order chi connectivity index (χ1) is 14.7. The van der Waals surface area contributed by atoms with Gasteiger partial charge in [0, 0.05) is 26.2 Å². The average Bonchev–Trinajstić information content (AvgIpc) is 2.76. The molecular weight excluding hydrogens is 408 g/mol. The summed E-state index contributed by atoms with van der Waals surface area (Å²) in [4.78, 5) is 52.4. The molecule has 4 amide bonds. The van der Waals surface area contributed by atoms with Crippen molar-refractivity contribution < 1.29 is 28.8 Å². The van der Waals surface area contributed by atoms with Gasteiger partial charge in [0.1, 0.15) is 11.8 Å². The highest BCUT2D eigenvalue weighted by atomic mass is 16.6.